The van der Waals surface area contributed by atoms with Crippen molar-refractivity contribution in [1.82, 2.24) is 0 Å². The fourth-order valence-electron chi connectivity index (χ4n) is 3.47. The predicted octanol–water partition coefficient (Wildman–Crippen LogP) is 3.50. The molecule has 0 saturated carbocycles. The lowest BCUT2D eigenvalue weighted by atomic mass is 10.1. The van der Waals surface area contributed by atoms with E-state index in [2.05, 4.69) is 4.72 Å². The highest BCUT2D eigenvalue weighted by molar-refractivity contribution is 7.95. The van der Waals surface area contributed by atoms with Crippen LogP contribution in [-0.4, -0.2) is 16.8 Å². The highest BCUT2D eigenvalue weighted by Gasteiger charge is 2.22. The molecule has 1 aliphatic rings. The highest BCUT2D eigenvalue weighted by atomic mass is 32.2. The first-order valence-corrected chi connectivity index (χ1v) is 12.3. The molecular formula is C21H20N2O5S2. The Morgan fingerprint density at radius 2 is 1.67 bits per heavy atom. The number of anilines is 1. The maximum Gasteiger partial charge on any atom is 0.255 e. The van der Waals surface area contributed by atoms with Crippen molar-refractivity contribution in [3.63, 3.8) is 0 Å². The van der Waals surface area contributed by atoms with Gasteiger partial charge in [-0.25, -0.2) is 22.0 Å². The molecule has 4 rings (SSSR count). The molecule has 0 saturated heterocycles. The number of nitrogens with one attached hydrogen (secondary N) is 1. The molecule has 2 aromatic carbocycles. The third-order valence-electron chi connectivity index (χ3n) is 4.91. The van der Waals surface area contributed by atoms with Gasteiger partial charge in [-0.15, -0.1) is 0 Å². The van der Waals surface area contributed by atoms with E-state index in [-0.39, 0.29) is 10.6 Å². The third kappa shape index (κ3) is 4.48. The van der Waals surface area contributed by atoms with Gasteiger partial charge in [-0.1, -0.05) is 24.3 Å². The molecule has 9 heteroatoms. The fraction of sp³-hybridized carbons (Fsp3) is 0.143. The van der Waals surface area contributed by atoms with Crippen molar-refractivity contribution in [3.05, 3.63) is 76.9 Å². The van der Waals surface area contributed by atoms with Crippen molar-refractivity contribution in [3.8, 4) is 11.3 Å². The quantitative estimate of drug-likeness (QED) is 0.603. The van der Waals surface area contributed by atoms with Crippen molar-refractivity contribution in [1.29, 1.82) is 0 Å². The summed E-state index contributed by atoms with van der Waals surface area (Å²) >= 11 is 0. The largest absolute Gasteiger partial charge is 0.464 e. The van der Waals surface area contributed by atoms with E-state index in [9.17, 15) is 16.8 Å². The number of aryl methyl sites for hydroxylation is 2. The summed E-state index contributed by atoms with van der Waals surface area (Å²) in [5.41, 5.74) is 3.31. The Labute approximate surface area is 175 Å². The van der Waals surface area contributed by atoms with Gasteiger partial charge in [-0.3, -0.25) is 4.72 Å². The summed E-state index contributed by atoms with van der Waals surface area (Å²) < 4.78 is 56.7. The number of nitrogens with two attached hydrogens (primary N) is 1. The molecule has 0 bridgehead atoms. The van der Waals surface area contributed by atoms with E-state index in [4.69, 9.17) is 9.56 Å². The zero-order valence-corrected chi connectivity index (χ0v) is 17.5. The van der Waals surface area contributed by atoms with E-state index >= 15 is 0 Å². The molecule has 0 aliphatic heterocycles. The minimum absolute atomic E-state index is 0.0315. The number of rotatable bonds is 6. The molecule has 1 aliphatic carbocycles. The molecule has 0 amide bonds. The Kier molecular flexibility index (Phi) is 5.27. The Morgan fingerprint density at radius 3 is 2.30 bits per heavy atom. The summed E-state index contributed by atoms with van der Waals surface area (Å²) in [4.78, 5) is -0.220. The second-order valence-corrected chi connectivity index (χ2v) is 10.2. The Balaban J connectivity index is 1.58. The average molecular weight is 445 g/mol. The molecule has 30 heavy (non-hydrogen) atoms. The van der Waals surface area contributed by atoms with E-state index in [0.29, 0.717) is 11.3 Å². The molecule has 156 valence electrons. The second-order valence-electron chi connectivity index (χ2n) is 7.06. The van der Waals surface area contributed by atoms with Crippen LogP contribution in [0.2, 0.25) is 0 Å². The fourth-order valence-corrected chi connectivity index (χ4v) is 5.14. The van der Waals surface area contributed by atoms with E-state index < -0.39 is 20.0 Å². The maximum absolute atomic E-state index is 12.6. The molecule has 1 heterocycles. The third-order valence-corrected chi connectivity index (χ3v) is 6.86. The summed E-state index contributed by atoms with van der Waals surface area (Å²) in [5.74, 6) is 0.715. The topological polar surface area (TPSA) is 119 Å². The molecular weight excluding hydrogens is 424 g/mol. The normalized spacial score (nSPS) is 14.2. The van der Waals surface area contributed by atoms with Gasteiger partial charge in [0.2, 0.25) is 10.0 Å². The SMILES string of the molecule is NS(=O)(=O)c1cc2c(cc1NS(=O)(=O)C=Cc1ccc(-c3ccco3)cc1)CCC2. The first-order valence-electron chi connectivity index (χ1n) is 9.25. The molecule has 0 unspecified atom stereocenters. The lowest BCUT2D eigenvalue weighted by molar-refractivity contribution is 0.582. The van der Waals surface area contributed by atoms with Crippen LogP contribution in [0.4, 0.5) is 5.69 Å². The summed E-state index contributed by atoms with van der Waals surface area (Å²) in [7, 11) is -8.04. The smallest absolute Gasteiger partial charge is 0.255 e. The van der Waals surface area contributed by atoms with Gasteiger partial charge in [0.25, 0.3) is 10.0 Å². The van der Waals surface area contributed by atoms with Crippen molar-refractivity contribution in [2.75, 3.05) is 4.72 Å². The Morgan fingerprint density at radius 1 is 0.967 bits per heavy atom. The van der Waals surface area contributed by atoms with E-state index in [0.717, 1.165) is 41.4 Å². The first-order chi connectivity index (χ1) is 14.2. The monoisotopic (exact) mass is 444 g/mol. The van der Waals surface area contributed by atoms with Crippen LogP contribution in [-0.2, 0) is 32.9 Å². The van der Waals surface area contributed by atoms with Gasteiger partial charge in [-0.05, 0) is 66.3 Å². The second kappa shape index (κ2) is 7.75. The molecule has 3 N–H and O–H groups in total. The number of benzene rings is 2. The van der Waals surface area contributed by atoms with Gasteiger partial charge in [0.1, 0.15) is 10.7 Å². The van der Waals surface area contributed by atoms with Crippen molar-refractivity contribution >= 4 is 31.8 Å². The van der Waals surface area contributed by atoms with E-state index in [1.807, 2.05) is 18.2 Å². The summed E-state index contributed by atoms with van der Waals surface area (Å²) in [6.45, 7) is 0. The summed E-state index contributed by atoms with van der Waals surface area (Å²) in [5, 5.41) is 6.30. The van der Waals surface area contributed by atoms with Crippen LogP contribution in [0.1, 0.15) is 23.1 Å². The Bertz CT molecular complexity index is 1310. The molecule has 0 fully saturated rings. The maximum atomic E-state index is 12.6. The van der Waals surface area contributed by atoms with Crippen LogP contribution >= 0.6 is 0 Å². The van der Waals surface area contributed by atoms with Gasteiger partial charge < -0.3 is 4.42 Å². The van der Waals surface area contributed by atoms with Gasteiger partial charge >= 0.3 is 0 Å². The molecule has 1 aromatic heterocycles. The van der Waals surface area contributed by atoms with Gasteiger partial charge in [0.15, 0.2) is 0 Å². The van der Waals surface area contributed by atoms with Gasteiger partial charge in [0.05, 0.1) is 17.4 Å². The number of hydrogen-bond donors (Lipinski definition) is 2. The lowest BCUT2D eigenvalue weighted by Gasteiger charge is -2.12. The zero-order chi connectivity index (χ0) is 21.4. The number of sulfonamides is 2. The van der Waals surface area contributed by atoms with Crippen LogP contribution in [0, 0.1) is 0 Å². The average Bonchev–Trinajstić information content (AvgIpc) is 3.37. The van der Waals surface area contributed by atoms with Gasteiger partial charge in [0, 0.05) is 5.56 Å². The first kappa shape index (κ1) is 20.4. The number of furan rings is 1. The van der Waals surface area contributed by atoms with Crippen molar-refractivity contribution < 1.29 is 21.3 Å². The molecule has 3 aromatic rings. The summed E-state index contributed by atoms with van der Waals surface area (Å²) in [6.07, 6.45) is 5.42. The minimum Gasteiger partial charge on any atom is -0.464 e. The predicted molar refractivity (Wildman–Crippen MR) is 116 cm³/mol. The number of primary sulfonamides is 1. The molecule has 0 radical (unpaired) electrons. The van der Waals surface area contributed by atoms with Crippen LogP contribution in [0.25, 0.3) is 17.4 Å². The highest BCUT2D eigenvalue weighted by Crippen LogP contribution is 2.31. The Hall–Kier alpha value is -2.88. The van der Waals surface area contributed by atoms with Crippen molar-refractivity contribution in [2.24, 2.45) is 5.14 Å². The van der Waals surface area contributed by atoms with Crippen LogP contribution < -0.4 is 9.86 Å². The molecule has 0 spiro atoms. The standard InChI is InChI=1S/C21H20N2O5S2/c22-30(26,27)21-14-18-4-1-3-17(18)13-19(21)23-29(24,25)12-10-15-6-8-16(9-7-15)20-5-2-11-28-20/h2,5-14,23H,1,3-4H2,(H2,22,26,27). The van der Waals surface area contributed by atoms with E-state index in [1.54, 1.807) is 30.5 Å². The van der Waals surface area contributed by atoms with Crippen LogP contribution in [0.3, 0.4) is 0 Å². The van der Waals surface area contributed by atoms with Crippen molar-refractivity contribution in [2.45, 2.75) is 24.2 Å². The van der Waals surface area contributed by atoms with Crippen LogP contribution in [0.15, 0.2) is 69.5 Å². The van der Waals surface area contributed by atoms with Gasteiger partial charge in [-0.2, -0.15) is 0 Å². The summed E-state index contributed by atoms with van der Waals surface area (Å²) in [6, 6.07) is 13.8. The minimum atomic E-state index is -4.08. The lowest BCUT2D eigenvalue weighted by Crippen LogP contribution is -2.18. The van der Waals surface area contributed by atoms with E-state index in [1.165, 1.54) is 12.1 Å². The molecule has 0 atom stereocenters. The van der Waals surface area contributed by atoms with Crippen LogP contribution in [0.5, 0.6) is 0 Å². The number of hydrogen-bond acceptors (Lipinski definition) is 5. The molecule has 7 nitrogen and oxygen atoms in total. The number of fused-ring (bicyclic) bond motifs is 1. The zero-order valence-electron chi connectivity index (χ0n) is 15.9.